The Labute approximate surface area is 142 Å². The van der Waals surface area contributed by atoms with Crippen LogP contribution in [0.1, 0.15) is 29.1 Å². The fraction of sp³-hybridized carbons (Fsp3) is 0.438. The number of amides is 1. The largest absolute Gasteiger partial charge is 0.307 e. The third-order valence-electron chi connectivity index (χ3n) is 3.95. The van der Waals surface area contributed by atoms with E-state index in [4.69, 9.17) is 0 Å². The molecular weight excluding hydrogens is 330 g/mol. The van der Waals surface area contributed by atoms with Gasteiger partial charge in [0.15, 0.2) is 5.13 Å². The van der Waals surface area contributed by atoms with E-state index < -0.39 is 0 Å². The fourth-order valence-electron chi connectivity index (χ4n) is 2.69. The Morgan fingerprint density at radius 1 is 1.48 bits per heavy atom. The number of anilines is 1. The summed E-state index contributed by atoms with van der Waals surface area (Å²) in [7, 11) is 0. The van der Waals surface area contributed by atoms with Gasteiger partial charge >= 0.3 is 4.87 Å². The van der Waals surface area contributed by atoms with Crippen molar-refractivity contribution in [3.8, 4) is 0 Å². The summed E-state index contributed by atoms with van der Waals surface area (Å²) in [5.74, 6) is -0.125. The van der Waals surface area contributed by atoms with Crippen LogP contribution in [0.2, 0.25) is 0 Å². The van der Waals surface area contributed by atoms with Crippen LogP contribution in [0.5, 0.6) is 0 Å². The SMILES string of the molecule is C=CCN(C(=O)Cn1c(C)csc1=O)c1nc2c(s1)CCCC2. The third-order valence-corrected chi connectivity index (χ3v) is 6.01. The topological polar surface area (TPSA) is 55.2 Å². The van der Waals surface area contributed by atoms with Crippen LogP contribution in [0, 0.1) is 6.92 Å². The molecule has 0 spiro atoms. The first kappa shape index (κ1) is 16.1. The Kier molecular flexibility index (Phi) is 4.77. The van der Waals surface area contributed by atoms with Gasteiger partial charge in [0.05, 0.1) is 5.69 Å². The molecule has 0 aliphatic heterocycles. The molecule has 7 heteroatoms. The molecule has 23 heavy (non-hydrogen) atoms. The number of hydrogen-bond donors (Lipinski definition) is 0. The Hall–Kier alpha value is -1.73. The van der Waals surface area contributed by atoms with Crippen molar-refractivity contribution in [2.24, 2.45) is 0 Å². The second-order valence-electron chi connectivity index (χ2n) is 5.60. The Bertz CT molecular complexity index is 764. The quantitative estimate of drug-likeness (QED) is 0.780. The minimum atomic E-state index is -0.125. The molecule has 0 fully saturated rings. The standard InChI is InChI=1S/C16H19N3O2S2/c1-3-8-18(14(20)9-19-11(2)10-22-16(19)21)15-17-12-6-4-5-7-13(12)23-15/h3,10H,1,4-9H2,2H3. The number of nitrogens with zero attached hydrogens (tertiary/aromatic N) is 3. The van der Waals surface area contributed by atoms with Gasteiger partial charge in [-0.05, 0) is 32.6 Å². The summed E-state index contributed by atoms with van der Waals surface area (Å²) in [6.45, 7) is 6.03. The smallest absolute Gasteiger partial charge is 0.294 e. The lowest BCUT2D eigenvalue weighted by molar-refractivity contribution is -0.119. The van der Waals surface area contributed by atoms with Crippen molar-refractivity contribution in [2.75, 3.05) is 11.4 Å². The monoisotopic (exact) mass is 349 g/mol. The molecule has 0 saturated heterocycles. The summed E-state index contributed by atoms with van der Waals surface area (Å²) in [4.78, 5) is 32.0. The van der Waals surface area contributed by atoms with E-state index in [1.807, 2.05) is 6.92 Å². The second kappa shape index (κ2) is 6.80. The molecule has 122 valence electrons. The van der Waals surface area contributed by atoms with Crippen LogP contribution in [-0.4, -0.2) is 22.0 Å². The highest BCUT2D eigenvalue weighted by Gasteiger charge is 2.23. The van der Waals surface area contributed by atoms with Gasteiger partial charge in [-0.25, -0.2) is 4.98 Å². The summed E-state index contributed by atoms with van der Waals surface area (Å²) in [6, 6.07) is 0. The van der Waals surface area contributed by atoms with Crippen LogP contribution in [0.4, 0.5) is 5.13 Å². The number of carbonyl (C=O) groups is 1. The van der Waals surface area contributed by atoms with Crippen molar-refractivity contribution in [3.05, 3.63) is 44.0 Å². The first-order valence-corrected chi connectivity index (χ1v) is 9.34. The van der Waals surface area contributed by atoms with Gasteiger partial charge in [0.25, 0.3) is 0 Å². The lowest BCUT2D eigenvalue weighted by atomic mass is 10.0. The van der Waals surface area contributed by atoms with Gasteiger partial charge in [-0.3, -0.25) is 19.1 Å². The number of hydrogen-bond acceptors (Lipinski definition) is 5. The van der Waals surface area contributed by atoms with Crippen LogP contribution >= 0.6 is 22.7 Å². The summed E-state index contributed by atoms with van der Waals surface area (Å²) in [6.07, 6.45) is 6.08. The Morgan fingerprint density at radius 2 is 2.26 bits per heavy atom. The van der Waals surface area contributed by atoms with E-state index in [9.17, 15) is 9.59 Å². The first-order chi connectivity index (χ1) is 11.1. The minimum Gasteiger partial charge on any atom is -0.294 e. The molecule has 1 aliphatic rings. The van der Waals surface area contributed by atoms with Gasteiger partial charge in [-0.15, -0.1) is 17.9 Å². The van der Waals surface area contributed by atoms with Crippen LogP contribution in [0.25, 0.3) is 0 Å². The van der Waals surface area contributed by atoms with E-state index in [1.165, 1.54) is 15.9 Å². The zero-order chi connectivity index (χ0) is 16.4. The maximum absolute atomic E-state index is 12.7. The molecular formula is C16H19N3O2S2. The molecule has 1 amide bonds. The van der Waals surface area contributed by atoms with Crippen molar-refractivity contribution in [2.45, 2.75) is 39.2 Å². The summed E-state index contributed by atoms with van der Waals surface area (Å²) >= 11 is 2.71. The third kappa shape index (κ3) is 3.30. The van der Waals surface area contributed by atoms with Crippen molar-refractivity contribution >= 4 is 33.7 Å². The van der Waals surface area contributed by atoms with Crippen LogP contribution < -0.4 is 9.77 Å². The predicted molar refractivity (Wildman–Crippen MR) is 94.6 cm³/mol. The van der Waals surface area contributed by atoms with E-state index in [0.717, 1.165) is 47.1 Å². The van der Waals surface area contributed by atoms with Crippen molar-refractivity contribution < 1.29 is 4.79 Å². The summed E-state index contributed by atoms with van der Waals surface area (Å²) in [5, 5.41) is 2.50. The second-order valence-corrected chi connectivity index (χ2v) is 7.48. The summed E-state index contributed by atoms with van der Waals surface area (Å²) < 4.78 is 1.51. The van der Waals surface area contributed by atoms with Crippen LogP contribution in [0.15, 0.2) is 22.8 Å². The lowest BCUT2D eigenvalue weighted by Crippen LogP contribution is -2.36. The minimum absolute atomic E-state index is 0.0479. The number of thiazole rings is 2. The summed E-state index contributed by atoms with van der Waals surface area (Å²) in [5.41, 5.74) is 1.94. The Balaban J connectivity index is 1.86. The van der Waals surface area contributed by atoms with Crippen molar-refractivity contribution in [1.29, 1.82) is 0 Å². The molecule has 0 atom stereocenters. The molecule has 0 unspecified atom stereocenters. The van der Waals surface area contributed by atoms with E-state index in [-0.39, 0.29) is 17.3 Å². The number of carbonyl (C=O) groups excluding carboxylic acids is 1. The van der Waals surface area contributed by atoms with Gasteiger partial charge in [-0.1, -0.05) is 17.4 Å². The molecule has 2 aromatic heterocycles. The number of rotatable bonds is 5. The average molecular weight is 349 g/mol. The number of fused-ring (bicyclic) bond motifs is 1. The highest BCUT2D eigenvalue weighted by Crippen LogP contribution is 2.32. The highest BCUT2D eigenvalue weighted by molar-refractivity contribution is 7.16. The van der Waals surface area contributed by atoms with Gasteiger partial charge in [-0.2, -0.15) is 0 Å². The lowest BCUT2D eigenvalue weighted by Gasteiger charge is -2.18. The molecule has 0 radical (unpaired) electrons. The fourth-order valence-corrected chi connectivity index (χ4v) is 4.60. The van der Waals surface area contributed by atoms with Gasteiger partial charge in [0.2, 0.25) is 5.91 Å². The number of aromatic nitrogens is 2. The molecule has 1 aliphatic carbocycles. The molecule has 2 aromatic rings. The molecule has 2 heterocycles. The van der Waals surface area contributed by atoms with Gasteiger partial charge in [0.1, 0.15) is 6.54 Å². The predicted octanol–water partition coefficient (Wildman–Crippen LogP) is 2.77. The maximum Gasteiger partial charge on any atom is 0.307 e. The van der Waals surface area contributed by atoms with Gasteiger partial charge in [0, 0.05) is 22.5 Å². The average Bonchev–Trinajstić information content (AvgIpc) is 3.10. The molecule has 0 saturated carbocycles. The van der Waals surface area contributed by atoms with Crippen LogP contribution in [-0.2, 0) is 24.2 Å². The molecule has 3 rings (SSSR count). The van der Waals surface area contributed by atoms with Crippen molar-refractivity contribution in [3.63, 3.8) is 0 Å². The molecule has 0 bridgehead atoms. The van der Waals surface area contributed by atoms with Crippen LogP contribution in [0.3, 0.4) is 0 Å². The van der Waals surface area contributed by atoms with E-state index in [1.54, 1.807) is 27.7 Å². The molecule has 5 nitrogen and oxygen atoms in total. The molecule has 0 aromatic carbocycles. The first-order valence-electron chi connectivity index (χ1n) is 7.65. The number of aryl methyl sites for hydroxylation is 3. The van der Waals surface area contributed by atoms with E-state index in [2.05, 4.69) is 11.6 Å². The zero-order valence-corrected chi connectivity index (χ0v) is 14.7. The highest BCUT2D eigenvalue weighted by atomic mass is 32.1. The van der Waals surface area contributed by atoms with Crippen molar-refractivity contribution in [1.82, 2.24) is 9.55 Å². The maximum atomic E-state index is 12.7. The normalized spacial score (nSPS) is 13.6. The van der Waals surface area contributed by atoms with E-state index >= 15 is 0 Å². The molecule has 0 N–H and O–H groups in total. The van der Waals surface area contributed by atoms with E-state index in [0.29, 0.717) is 6.54 Å². The zero-order valence-electron chi connectivity index (χ0n) is 13.1. The Morgan fingerprint density at radius 3 is 2.91 bits per heavy atom. The van der Waals surface area contributed by atoms with Gasteiger partial charge < -0.3 is 0 Å².